The lowest BCUT2D eigenvalue weighted by Gasteiger charge is -2.44. The van der Waals surface area contributed by atoms with Crippen LogP contribution in [0.5, 0.6) is 28.7 Å². The molecule has 2 heterocycles. The molecule has 0 atom stereocenters. The first-order valence-corrected chi connectivity index (χ1v) is 11.6. The van der Waals surface area contributed by atoms with Gasteiger partial charge in [-0.2, -0.15) is 0 Å². The summed E-state index contributed by atoms with van der Waals surface area (Å²) >= 11 is 0. The lowest BCUT2D eigenvalue weighted by molar-refractivity contribution is -0.132. The molecular formula is C27H29NO8. The number of carbonyl (C=O) groups excluding carboxylic acids is 3. The maximum atomic E-state index is 13.0. The number of nitrogens with zero attached hydrogens (tertiary/aromatic N) is 1. The standard InChI is InChI=1S/C27H29NO8/c1-17(29)35-21-7-5-18(13-22(21)33-3)6-8-25(31)28-11-9-27(10-12-28)16-20(30)26-23(34-4)14-19(32-2)15-24(26)36-27/h5-8,13-15H,9-12,16H2,1-4H3/b8-6+. The molecule has 36 heavy (non-hydrogen) atoms. The molecule has 4 rings (SSSR count). The highest BCUT2D eigenvalue weighted by Gasteiger charge is 2.44. The third-order valence-corrected chi connectivity index (χ3v) is 6.43. The number of piperidine rings is 1. The van der Waals surface area contributed by atoms with Crippen LogP contribution in [-0.2, 0) is 9.59 Å². The fraction of sp³-hybridized carbons (Fsp3) is 0.370. The summed E-state index contributed by atoms with van der Waals surface area (Å²) in [4.78, 5) is 38.8. The van der Waals surface area contributed by atoms with Gasteiger partial charge >= 0.3 is 5.97 Å². The molecule has 9 heteroatoms. The summed E-state index contributed by atoms with van der Waals surface area (Å²) in [5.41, 5.74) is 0.493. The molecule has 1 fully saturated rings. The van der Waals surface area contributed by atoms with Gasteiger partial charge in [0.25, 0.3) is 0 Å². The van der Waals surface area contributed by atoms with Gasteiger partial charge in [0, 0.05) is 51.1 Å². The number of ketones is 1. The highest BCUT2D eigenvalue weighted by atomic mass is 16.6. The number of methoxy groups -OCH3 is 3. The first-order valence-electron chi connectivity index (χ1n) is 11.6. The van der Waals surface area contributed by atoms with E-state index in [1.54, 1.807) is 48.4 Å². The van der Waals surface area contributed by atoms with Gasteiger partial charge in [0.2, 0.25) is 5.91 Å². The lowest BCUT2D eigenvalue weighted by Crippen LogP contribution is -2.52. The summed E-state index contributed by atoms with van der Waals surface area (Å²) in [7, 11) is 4.53. The molecule has 0 bridgehead atoms. The topological polar surface area (TPSA) is 101 Å². The van der Waals surface area contributed by atoms with Crippen LogP contribution in [0.2, 0.25) is 0 Å². The molecule has 0 N–H and O–H groups in total. The summed E-state index contributed by atoms with van der Waals surface area (Å²) in [6.07, 6.45) is 4.47. The van der Waals surface area contributed by atoms with Gasteiger partial charge in [0.05, 0.1) is 27.8 Å². The SMILES string of the molecule is COc1cc(OC)c2c(c1)OC1(CCN(C(=O)/C=C/c3ccc(OC(C)=O)c(OC)c3)CC1)CC2=O. The smallest absolute Gasteiger partial charge is 0.308 e. The Hall–Kier alpha value is -4.01. The number of rotatable bonds is 6. The Bertz CT molecular complexity index is 1210. The number of esters is 1. The van der Waals surface area contributed by atoms with Crippen molar-refractivity contribution in [3.63, 3.8) is 0 Å². The molecule has 0 aromatic heterocycles. The molecule has 190 valence electrons. The van der Waals surface area contributed by atoms with Crippen molar-refractivity contribution in [1.29, 1.82) is 0 Å². The maximum absolute atomic E-state index is 13.0. The molecule has 9 nitrogen and oxygen atoms in total. The van der Waals surface area contributed by atoms with E-state index in [0.717, 1.165) is 5.56 Å². The third-order valence-electron chi connectivity index (χ3n) is 6.43. The van der Waals surface area contributed by atoms with Crippen LogP contribution in [-0.4, -0.2) is 62.6 Å². The summed E-state index contributed by atoms with van der Waals surface area (Å²) in [6, 6.07) is 8.42. The van der Waals surface area contributed by atoms with Gasteiger partial charge in [-0.1, -0.05) is 6.07 Å². The van der Waals surface area contributed by atoms with E-state index in [-0.39, 0.29) is 18.1 Å². The Morgan fingerprint density at radius 3 is 2.33 bits per heavy atom. The summed E-state index contributed by atoms with van der Waals surface area (Å²) < 4.78 is 27.4. The van der Waals surface area contributed by atoms with Crippen LogP contribution in [0, 0.1) is 0 Å². The zero-order valence-electron chi connectivity index (χ0n) is 20.8. The number of fused-ring (bicyclic) bond motifs is 1. The van der Waals surface area contributed by atoms with Crippen molar-refractivity contribution < 1.29 is 38.1 Å². The van der Waals surface area contributed by atoms with Gasteiger partial charge in [-0.05, 0) is 23.8 Å². The van der Waals surface area contributed by atoms with Crippen molar-refractivity contribution in [2.45, 2.75) is 31.8 Å². The fourth-order valence-corrected chi connectivity index (χ4v) is 4.56. The van der Waals surface area contributed by atoms with E-state index in [4.69, 9.17) is 23.7 Å². The van der Waals surface area contributed by atoms with Crippen molar-refractivity contribution >= 4 is 23.7 Å². The predicted octanol–water partition coefficient (Wildman–Crippen LogP) is 3.68. The second-order valence-corrected chi connectivity index (χ2v) is 8.75. The molecular weight excluding hydrogens is 466 g/mol. The molecule has 2 aromatic carbocycles. The minimum atomic E-state index is -0.665. The van der Waals surface area contributed by atoms with Crippen molar-refractivity contribution in [2.75, 3.05) is 34.4 Å². The quantitative estimate of drug-likeness (QED) is 0.340. The zero-order valence-corrected chi connectivity index (χ0v) is 20.8. The van der Waals surface area contributed by atoms with Gasteiger partial charge < -0.3 is 28.6 Å². The molecule has 2 aliphatic rings. The van der Waals surface area contributed by atoms with Gasteiger partial charge in [0.1, 0.15) is 28.4 Å². The molecule has 1 amide bonds. The monoisotopic (exact) mass is 495 g/mol. The molecule has 2 aliphatic heterocycles. The van der Waals surface area contributed by atoms with Crippen LogP contribution in [0.15, 0.2) is 36.4 Å². The van der Waals surface area contributed by atoms with Crippen molar-refractivity contribution in [1.82, 2.24) is 4.90 Å². The molecule has 0 aliphatic carbocycles. The molecule has 2 aromatic rings. The fourth-order valence-electron chi connectivity index (χ4n) is 4.56. The van der Waals surface area contributed by atoms with E-state index in [1.807, 2.05) is 0 Å². The van der Waals surface area contributed by atoms with Crippen LogP contribution < -0.4 is 23.7 Å². The van der Waals surface area contributed by atoms with Crippen LogP contribution >= 0.6 is 0 Å². The number of carbonyl (C=O) groups is 3. The third kappa shape index (κ3) is 5.15. The van der Waals surface area contributed by atoms with Gasteiger partial charge in [-0.3, -0.25) is 14.4 Å². The summed E-state index contributed by atoms with van der Waals surface area (Å²) in [5, 5.41) is 0. The number of likely N-dealkylation sites (tertiary alicyclic amines) is 1. The number of benzene rings is 2. The van der Waals surface area contributed by atoms with E-state index in [0.29, 0.717) is 60.2 Å². The zero-order chi connectivity index (χ0) is 25.9. The van der Waals surface area contributed by atoms with E-state index < -0.39 is 11.6 Å². The Morgan fingerprint density at radius 2 is 1.69 bits per heavy atom. The summed E-state index contributed by atoms with van der Waals surface area (Å²) in [5.74, 6) is 1.51. The van der Waals surface area contributed by atoms with Crippen LogP contribution in [0.1, 0.15) is 42.1 Å². The van der Waals surface area contributed by atoms with Crippen LogP contribution in [0.25, 0.3) is 6.08 Å². The van der Waals surface area contributed by atoms with Gasteiger partial charge in [-0.15, -0.1) is 0 Å². The first kappa shape index (κ1) is 25.1. The largest absolute Gasteiger partial charge is 0.496 e. The van der Waals surface area contributed by atoms with Crippen molar-refractivity contribution in [3.05, 3.63) is 47.5 Å². The number of hydrogen-bond donors (Lipinski definition) is 0. The molecule has 0 saturated carbocycles. The normalized spacial score (nSPS) is 16.3. The Kier molecular flexibility index (Phi) is 7.19. The van der Waals surface area contributed by atoms with E-state index in [2.05, 4.69) is 0 Å². The highest BCUT2D eigenvalue weighted by molar-refractivity contribution is 6.03. The molecule has 1 spiro atoms. The molecule has 0 unspecified atom stereocenters. The van der Waals surface area contributed by atoms with Gasteiger partial charge in [0.15, 0.2) is 17.3 Å². The average Bonchev–Trinajstić information content (AvgIpc) is 2.87. The Morgan fingerprint density at radius 1 is 0.972 bits per heavy atom. The second kappa shape index (κ2) is 10.3. The van der Waals surface area contributed by atoms with Crippen LogP contribution in [0.4, 0.5) is 0 Å². The van der Waals surface area contributed by atoms with E-state index in [1.165, 1.54) is 27.2 Å². The second-order valence-electron chi connectivity index (χ2n) is 8.75. The first-order chi connectivity index (χ1) is 17.3. The number of hydrogen-bond acceptors (Lipinski definition) is 8. The van der Waals surface area contributed by atoms with Crippen molar-refractivity contribution in [3.8, 4) is 28.7 Å². The molecule has 0 radical (unpaired) electrons. The van der Waals surface area contributed by atoms with Crippen LogP contribution in [0.3, 0.4) is 0 Å². The minimum absolute atomic E-state index is 0.0402. The number of Topliss-reactive ketones (excluding diaryl/α,β-unsaturated/α-hetero) is 1. The average molecular weight is 496 g/mol. The van der Waals surface area contributed by atoms with Crippen molar-refractivity contribution in [2.24, 2.45) is 0 Å². The van der Waals surface area contributed by atoms with E-state index in [9.17, 15) is 14.4 Å². The van der Waals surface area contributed by atoms with E-state index >= 15 is 0 Å². The summed E-state index contributed by atoms with van der Waals surface area (Å²) in [6.45, 7) is 2.23. The molecule has 1 saturated heterocycles. The maximum Gasteiger partial charge on any atom is 0.308 e. The Balaban J connectivity index is 1.42. The minimum Gasteiger partial charge on any atom is -0.496 e. The van der Waals surface area contributed by atoms with Gasteiger partial charge in [-0.25, -0.2) is 0 Å². The number of ether oxygens (including phenoxy) is 5. The Labute approximate surface area is 209 Å². The lowest BCUT2D eigenvalue weighted by atomic mass is 9.82. The highest BCUT2D eigenvalue weighted by Crippen LogP contribution is 2.44. The predicted molar refractivity (Wildman–Crippen MR) is 131 cm³/mol. The number of amides is 1.